The lowest BCUT2D eigenvalue weighted by Gasteiger charge is -2.10. The molecule has 0 unspecified atom stereocenters. The number of nitrogens with zero attached hydrogens (tertiary/aromatic N) is 6. The first-order chi connectivity index (χ1) is 13.7. The van der Waals surface area contributed by atoms with E-state index in [1.807, 2.05) is 60.6 Å². The van der Waals surface area contributed by atoms with E-state index in [1.165, 1.54) is 0 Å². The van der Waals surface area contributed by atoms with Crippen molar-refractivity contribution in [3.8, 4) is 16.9 Å². The summed E-state index contributed by atoms with van der Waals surface area (Å²) in [4.78, 5) is 10.2. The minimum atomic E-state index is 0.676. The molecule has 0 atom stereocenters. The van der Waals surface area contributed by atoms with Crippen molar-refractivity contribution >= 4 is 39.9 Å². The second-order valence-electron chi connectivity index (χ2n) is 6.35. The first kappa shape index (κ1) is 17.2. The number of rotatable bonds is 3. The van der Waals surface area contributed by atoms with Crippen molar-refractivity contribution in [3.63, 3.8) is 0 Å². The third-order valence-corrected chi connectivity index (χ3v) is 5.69. The standard InChI is InChI=1S/C20H15ClN6S/c1-12-14-10-23-16(15-11-24-26-7-3-6-22-20(15)26)9-17(14)27(25-12)18-8-13(21)4-5-19(18)28-2/h3-11H,1-2H3. The van der Waals surface area contributed by atoms with Gasteiger partial charge in [-0.05, 0) is 43.5 Å². The smallest absolute Gasteiger partial charge is 0.164 e. The van der Waals surface area contributed by atoms with Gasteiger partial charge in [0, 0.05) is 33.9 Å². The Kier molecular flexibility index (Phi) is 4.07. The molecule has 0 spiro atoms. The Morgan fingerprint density at radius 1 is 1.11 bits per heavy atom. The second-order valence-corrected chi connectivity index (χ2v) is 7.63. The summed E-state index contributed by atoms with van der Waals surface area (Å²) in [6.45, 7) is 1.99. The van der Waals surface area contributed by atoms with Gasteiger partial charge in [-0.1, -0.05) is 11.6 Å². The minimum absolute atomic E-state index is 0.676. The third-order valence-electron chi connectivity index (χ3n) is 4.67. The van der Waals surface area contributed by atoms with Crippen molar-refractivity contribution in [3.05, 3.63) is 65.8 Å². The molecule has 0 saturated heterocycles. The summed E-state index contributed by atoms with van der Waals surface area (Å²) in [5.74, 6) is 0. The largest absolute Gasteiger partial charge is 0.255 e. The summed E-state index contributed by atoms with van der Waals surface area (Å²) < 4.78 is 3.68. The van der Waals surface area contributed by atoms with E-state index in [4.69, 9.17) is 16.7 Å². The lowest BCUT2D eigenvalue weighted by atomic mass is 10.1. The zero-order chi connectivity index (χ0) is 19.3. The molecular formula is C20H15ClN6S. The molecule has 0 aliphatic carbocycles. The van der Waals surface area contributed by atoms with E-state index in [1.54, 1.807) is 28.7 Å². The monoisotopic (exact) mass is 406 g/mol. The van der Waals surface area contributed by atoms with Crippen LogP contribution in [0.5, 0.6) is 0 Å². The van der Waals surface area contributed by atoms with Crippen molar-refractivity contribution in [1.82, 2.24) is 29.4 Å². The Hall–Kier alpha value is -2.90. The van der Waals surface area contributed by atoms with Crippen molar-refractivity contribution < 1.29 is 0 Å². The summed E-state index contributed by atoms with van der Waals surface area (Å²) >= 11 is 7.94. The van der Waals surface area contributed by atoms with Gasteiger partial charge in [0.2, 0.25) is 0 Å². The summed E-state index contributed by atoms with van der Waals surface area (Å²) in [5, 5.41) is 10.8. The summed E-state index contributed by atoms with van der Waals surface area (Å²) in [7, 11) is 0. The van der Waals surface area contributed by atoms with Gasteiger partial charge in [-0.2, -0.15) is 10.2 Å². The molecule has 138 valence electrons. The zero-order valence-electron chi connectivity index (χ0n) is 15.2. The van der Waals surface area contributed by atoms with E-state index >= 15 is 0 Å². The highest BCUT2D eigenvalue weighted by Crippen LogP contribution is 2.32. The van der Waals surface area contributed by atoms with Gasteiger partial charge in [-0.3, -0.25) is 4.98 Å². The van der Waals surface area contributed by atoms with Gasteiger partial charge in [0.15, 0.2) is 5.65 Å². The molecule has 4 heterocycles. The number of thioether (sulfide) groups is 1. The number of pyridine rings is 1. The molecule has 0 saturated carbocycles. The molecule has 0 N–H and O–H groups in total. The maximum atomic E-state index is 6.28. The van der Waals surface area contributed by atoms with E-state index in [0.29, 0.717) is 5.02 Å². The van der Waals surface area contributed by atoms with Crippen LogP contribution in [0, 0.1) is 6.92 Å². The molecule has 0 radical (unpaired) electrons. The van der Waals surface area contributed by atoms with Crippen LogP contribution in [0.3, 0.4) is 0 Å². The molecule has 28 heavy (non-hydrogen) atoms. The fraction of sp³-hybridized carbons (Fsp3) is 0.100. The van der Waals surface area contributed by atoms with Gasteiger partial charge in [-0.15, -0.1) is 11.8 Å². The molecule has 0 aliphatic rings. The number of hydrogen-bond acceptors (Lipinski definition) is 5. The lowest BCUT2D eigenvalue weighted by Crippen LogP contribution is -1.99. The van der Waals surface area contributed by atoms with Crippen LogP contribution in [0.25, 0.3) is 33.5 Å². The number of halogens is 1. The number of fused-ring (bicyclic) bond motifs is 2. The molecule has 0 fully saturated rings. The van der Waals surface area contributed by atoms with Crippen LogP contribution in [-0.2, 0) is 0 Å². The van der Waals surface area contributed by atoms with Gasteiger partial charge in [0.05, 0.1) is 34.4 Å². The zero-order valence-corrected chi connectivity index (χ0v) is 16.7. The molecule has 0 amide bonds. The number of benzene rings is 1. The highest BCUT2D eigenvalue weighted by atomic mass is 35.5. The molecular weight excluding hydrogens is 392 g/mol. The SMILES string of the molecule is CSc1ccc(Cl)cc1-n1nc(C)c2cnc(-c3cnn4cccnc34)cc21. The number of aryl methyl sites for hydroxylation is 1. The van der Waals surface area contributed by atoms with Gasteiger partial charge >= 0.3 is 0 Å². The van der Waals surface area contributed by atoms with Gasteiger partial charge in [0.25, 0.3) is 0 Å². The first-order valence-corrected chi connectivity index (χ1v) is 10.2. The Morgan fingerprint density at radius 2 is 2.00 bits per heavy atom. The second kappa shape index (κ2) is 6.61. The van der Waals surface area contributed by atoms with Crippen LogP contribution in [0.1, 0.15) is 5.69 Å². The lowest BCUT2D eigenvalue weighted by molar-refractivity contribution is 0.872. The van der Waals surface area contributed by atoms with Crippen LogP contribution in [0.15, 0.2) is 60.0 Å². The molecule has 1 aromatic carbocycles. The Labute approximate surface area is 170 Å². The average molecular weight is 407 g/mol. The molecule has 0 bridgehead atoms. The maximum Gasteiger partial charge on any atom is 0.164 e. The van der Waals surface area contributed by atoms with Crippen LogP contribution in [0.2, 0.25) is 5.02 Å². The quantitative estimate of drug-likeness (QED) is 0.402. The molecule has 4 aromatic heterocycles. The maximum absolute atomic E-state index is 6.28. The fourth-order valence-electron chi connectivity index (χ4n) is 3.32. The predicted octanol–water partition coefficient (Wildman–Crippen LogP) is 4.81. The highest BCUT2D eigenvalue weighted by Gasteiger charge is 2.16. The van der Waals surface area contributed by atoms with Gasteiger partial charge < -0.3 is 0 Å². The van der Waals surface area contributed by atoms with Crippen molar-refractivity contribution in [2.45, 2.75) is 11.8 Å². The third kappa shape index (κ3) is 2.66. The number of hydrogen-bond donors (Lipinski definition) is 0. The minimum Gasteiger partial charge on any atom is -0.255 e. The van der Waals surface area contributed by atoms with E-state index in [-0.39, 0.29) is 0 Å². The van der Waals surface area contributed by atoms with E-state index in [9.17, 15) is 0 Å². The average Bonchev–Trinajstić information content (AvgIpc) is 3.29. The molecule has 8 heteroatoms. The fourth-order valence-corrected chi connectivity index (χ4v) is 4.05. The van der Waals surface area contributed by atoms with Crippen LogP contribution >= 0.6 is 23.4 Å². The van der Waals surface area contributed by atoms with Crippen LogP contribution in [-0.4, -0.2) is 35.6 Å². The van der Waals surface area contributed by atoms with E-state index in [0.717, 1.165) is 44.1 Å². The van der Waals surface area contributed by atoms with Crippen molar-refractivity contribution in [1.29, 1.82) is 0 Å². The molecule has 6 nitrogen and oxygen atoms in total. The summed E-state index contributed by atoms with van der Waals surface area (Å²) in [6.07, 6.45) is 9.32. The molecule has 0 aliphatic heterocycles. The van der Waals surface area contributed by atoms with E-state index < -0.39 is 0 Å². The Balaban J connectivity index is 1.77. The van der Waals surface area contributed by atoms with Gasteiger partial charge in [0.1, 0.15) is 0 Å². The molecule has 5 rings (SSSR count). The van der Waals surface area contributed by atoms with Gasteiger partial charge in [-0.25, -0.2) is 14.2 Å². The Morgan fingerprint density at radius 3 is 2.86 bits per heavy atom. The highest BCUT2D eigenvalue weighted by molar-refractivity contribution is 7.98. The normalized spacial score (nSPS) is 11.5. The van der Waals surface area contributed by atoms with E-state index in [2.05, 4.69) is 15.1 Å². The topological polar surface area (TPSA) is 60.9 Å². The van der Waals surface area contributed by atoms with Crippen molar-refractivity contribution in [2.75, 3.05) is 6.26 Å². The van der Waals surface area contributed by atoms with Crippen LogP contribution < -0.4 is 0 Å². The van der Waals surface area contributed by atoms with Crippen molar-refractivity contribution in [2.24, 2.45) is 0 Å². The van der Waals surface area contributed by atoms with Crippen LogP contribution in [0.4, 0.5) is 0 Å². The molecule has 5 aromatic rings. The summed E-state index contributed by atoms with van der Waals surface area (Å²) in [6, 6.07) is 9.74. The summed E-state index contributed by atoms with van der Waals surface area (Å²) in [5.41, 5.74) is 5.28. The Bertz CT molecular complexity index is 1340. The first-order valence-electron chi connectivity index (χ1n) is 8.64. The predicted molar refractivity (Wildman–Crippen MR) is 112 cm³/mol. The number of aromatic nitrogens is 6.